The summed E-state index contributed by atoms with van der Waals surface area (Å²) in [6.07, 6.45) is 1.87. The minimum Gasteiger partial charge on any atom is -0.461 e. The standard InChI is InChI=1S/C11H17NO4/c1-3-15-11(14)10(12-7-13)9-4-5-16-8(2)6-9/h7-8H,3-6H2,1-2H3,(H,12,13)/b10-9-/t8-/m0/s1. The molecule has 0 saturated carbocycles. The highest BCUT2D eigenvalue weighted by Gasteiger charge is 2.21. The quantitative estimate of drug-likeness (QED) is 0.437. The van der Waals surface area contributed by atoms with Crippen molar-refractivity contribution in [2.45, 2.75) is 32.8 Å². The number of nitrogens with one attached hydrogen (secondary N) is 1. The van der Waals surface area contributed by atoms with Crippen LogP contribution in [0.3, 0.4) is 0 Å². The fourth-order valence-corrected chi connectivity index (χ4v) is 1.69. The maximum absolute atomic E-state index is 11.6. The molecule has 0 spiro atoms. The number of amides is 1. The van der Waals surface area contributed by atoms with Crippen molar-refractivity contribution in [1.29, 1.82) is 0 Å². The molecule has 0 aliphatic carbocycles. The van der Waals surface area contributed by atoms with Gasteiger partial charge in [0.2, 0.25) is 6.41 Å². The van der Waals surface area contributed by atoms with Crippen LogP contribution in [-0.4, -0.2) is 31.7 Å². The summed E-state index contributed by atoms with van der Waals surface area (Å²) in [5, 5.41) is 2.43. The van der Waals surface area contributed by atoms with Gasteiger partial charge in [0, 0.05) is 0 Å². The number of carbonyl (C=O) groups excluding carboxylic acids is 2. The van der Waals surface area contributed by atoms with E-state index in [1.807, 2.05) is 6.92 Å². The summed E-state index contributed by atoms with van der Waals surface area (Å²) < 4.78 is 10.3. The molecule has 1 fully saturated rings. The lowest BCUT2D eigenvalue weighted by molar-refractivity contribution is -0.139. The number of hydrogen-bond acceptors (Lipinski definition) is 4. The average molecular weight is 227 g/mol. The van der Waals surface area contributed by atoms with Gasteiger partial charge in [-0.1, -0.05) is 0 Å². The first kappa shape index (κ1) is 12.7. The molecule has 5 nitrogen and oxygen atoms in total. The molecule has 1 rings (SSSR count). The number of esters is 1. The highest BCUT2D eigenvalue weighted by atomic mass is 16.5. The molecule has 1 atom stereocenters. The molecule has 0 aromatic heterocycles. The Balaban J connectivity index is 2.84. The van der Waals surface area contributed by atoms with Crippen LogP contribution >= 0.6 is 0 Å². The lowest BCUT2D eigenvalue weighted by Gasteiger charge is -2.23. The predicted molar refractivity (Wildman–Crippen MR) is 57.5 cm³/mol. The van der Waals surface area contributed by atoms with Crippen LogP contribution < -0.4 is 5.32 Å². The van der Waals surface area contributed by atoms with Crippen LogP contribution in [0, 0.1) is 0 Å². The van der Waals surface area contributed by atoms with Gasteiger partial charge in [-0.25, -0.2) is 4.79 Å². The van der Waals surface area contributed by atoms with Crippen molar-refractivity contribution >= 4 is 12.4 Å². The molecule has 1 amide bonds. The third-order valence-corrected chi connectivity index (χ3v) is 2.38. The predicted octanol–water partition coefficient (Wildman–Crippen LogP) is 0.748. The van der Waals surface area contributed by atoms with E-state index in [-0.39, 0.29) is 11.8 Å². The lowest BCUT2D eigenvalue weighted by atomic mass is 10.0. The first-order valence-electron chi connectivity index (χ1n) is 5.40. The molecule has 1 aliphatic rings. The molecule has 16 heavy (non-hydrogen) atoms. The molecule has 1 N–H and O–H groups in total. The van der Waals surface area contributed by atoms with Gasteiger partial charge in [-0.2, -0.15) is 0 Å². The molecule has 0 radical (unpaired) electrons. The number of carbonyl (C=O) groups is 2. The smallest absolute Gasteiger partial charge is 0.354 e. The Morgan fingerprint density at radius 3 is 3.00 bits per heavy atom. The highest BCUT2D eigenvalue weighted by Crippen LogP contribution is 2.21. The van der Waals surface area contributed by atoms with Crippen LogP contribution in [0.2, 0.25) is 0 Å². The van der Waals surface area contributed by atoms with Crippen LogP contribution in [0.25, 0.3) is 0 Å². The number of rotatable bonds is 4. The van der Waals surface area contributed by atoms with E-state index in [0.717, 1.165) is 5.57 Å². The molecule has 1 heterocycles. The van der Waals surface area contributed by atoms with E-state index in [0.29, 0.717) is 32.5 Å². The normalized spacial score (nSPS) is 23.5. The third kappa shape index (κ3) is 3.34. The van der Waals surface area contributed by atoms with Crippen molar-refractivity contribution in [3.8, 4) is 0 Å². The largest absolute Gasteiger partial charge is 0.461 e. The summed E-state index contributed by atoms with van der Waals surface area (Å²) in [7, 11) is 0. The van der Waals surface area contributed by atoms with Crippen molar-refractivity contribution < 1.29 is 19.1 Å². The van der Waals surface area contributed by atoms with Gasteiger partial charge in [-0.05, 0) is 32.3 Å². The van der Waals surface area contributed by atoms with Crippen LogP contribution in [-0.2, 0) is 19.1 Å². The summed E-state index contributed by atoms with van der Waals surface area (Å²) >= 11 is 0. The Hall–Kier alpha value is -1.36. The van der Waals surface area contributed by atoms with Crippen molar-refractivity contribution in [3.63, 3.8) is 0 Å². The maximum atomic E-state index is 11.6. The molecule has 0 unspecified atom stereocenters. The fraction of sp³-hybridized carbons (Fsp3) is 0.636. The summed E-state index contributed by atoms with van der Waals surface area (Å²) in [5.74, 6) is -0.473. The first-order valence-corrected chi connectivity index (χ1v) is 5.40. The maximum Gasteiger partial charge on any atom is 0.354 e. The minimum absolute atomic E-state index is 0.0710. The summed E-state index contributed by atoms with van der Waals surface area (Å²) in [6.45, 7) is 4.53. The van der Waals surface area contributed by atoms with Crippen LogP contribution in [0.15, 0.2) is 11.3 Å². The molecule has 0 bridgehead atoms. The van der Waals surface area contributed by atoms with E-state index in [2.05, 4.69) is 5.32 Å². The van der Waals surface area contributed by atoms with Gasteiger partial charge in [-0.3, -0.25) is 4.79 Å². The van der Waals surface area contributed by atoms with E-state index in [4.69, 9.17) is 9.47 Å². The molecule has 0 aromatic rings. The lowest BCUT2D eigenvalue weighted by Crippen LogP contribution is -2.27. The second-order valence-corrected chi connectivity index (χ2v) is 3.60. The Kier molecular flexibility index (Phi) is 4.98. The van der Waals surface area contributed by atoms with Crippen molar-refractivity contribution in [1.82, 2.24) is 5.32 Å². The van der Waals surface area contributed by atoms with E-state index in [1.54, 1.807) is 6.92 Å². The van der Waals surface area contributed by atoms with Crippen LogP contribution in [0.1, 0.15) is 26.7 Å². The summed E-state index contributed by atoms with van der Waals surface area (Å²) in [4.78, 5) is 22.1. The Morgan fingerprint density at radius 1 is 1.69 bits per heavy atom. The van der Waals surface area contributed by atoms with Crippen molar-refractivity contribution in [2.24, 2.45) is 0 Å². The van der Waals surface area contributed by atoms with E-state index < -0.39 is 5.97 Å². The van der Waals surface area contributed by atoms with E-state index >= 15 is 0 Å². The SMILES string of the molecule is CCOC(=O)/C(NC=O)=C1\CCO[C@@H](C)C1. The zero-order valence-corrected chi connectivity index (χ0v) is 9.62. The third-order valence-electron chi connectivity index (χ3n) is 2.38. The van der Waals surface area contributed by atoms with Gasteiger partial charge in [0.25, 0.3) is 0 Å². The first-order chi connectivity index (χ1) is 7.69. The Morgan fingerprint density at radius 2 is 2.44 bits per heavy atom. The van der Waals surface area contributed by atoms with Crippen molar-refractivity contribution in [2.75, 3.05) is 13.2 Å². The highest BCUT2D eigenvalue weighted by molar-refractivity contribution is 5.91. The number of ether oxygens (including phenoxy) is 2. The average Bonchev–Trinajstić information content (AvgIpc) is 2.26. The zero-order valence-electron chi connectivity index (χ0n) is 9.62. The monoisotopic (exact) mass is 227 g/mol. The molecule has 1 aliphatic heterocycles. The van der Waals surface area contributed by atoms with Gasteiger partial charge in [0.15, 0.2) is 0 Å². The molecule has 1 saturated heterocycles. The van der Waals surface area contributed by atoms with Gasteiger partial charge in [-0.15, -0.1) is 0 Å². The molecular formula is C11H17NO4. The van der Waals surface area contributed by atoms with Gasteiger partial charge in [0.1, 0.15) is 5.70 Å². The van der Waals surface area contributed by atoms with Crippen LogP contribution in [0.4, 0.5) is 0 Å². The van der Waals surface area contributed by atoms with Gasteiger partial charge in [0.05, 0.1) is 19.3 Å². The Bertz CT molecular complexity index is 298. The van der Waals surface area contributed by atoms with Crippen molar-refractivity contribution in [3.05, 3.63) is 11.3 Å². The zero-order chi connectivity index (χ0) is 12.0. The van der Waals surface area contributed by atoms with Gasteiger partial charge < -0.3 is 14.8 Å². The number of hydrogen-bond donors (Lipinski definition) is 1. The van der Waals surface area contributed by atoms with E-state index in [1.165, 1.54) is 0 Å². The van der Waals surface area contributed by atoms with Crippen LogP contribution in [0.5, 0.6) is 0 Å². The molecule has 0 aromatic carbocycles. The molecule has 90 valence electrons. The molecule has 5 heteroatoms. The topological polar surface area (TPSA) is 64.6 Å². The summed E-state index contributed by atoms with van der Waals surface area (Å²) in [6, 6.07) is 0. The summed E-state index contributed by atoms with van der Waals surface area (Å²) in [5.41, 5.74) is 1.16. The minimum atomic E-state index is -0.473. The van der Waals surface area contributed by atoms with Gasteiger partial charge >= 0.3 is 5.97 Å². The van der Waals surface area contributed by atoms with E-state index in [9.17, 15) is 9.59 Å². The molecular weight excluding hydrogens is 210 g/mol. The Labute approximate surface area is 94.8 Å². The second kappa shape index (κ2) is 6.27. The fourth-order valence-electron chi connectivity index (χ4n) is 1.69. The second-order valence-electron chi connectivity index (χ2n) is 3.60.